The van der Waals surface area contributed by atoms with E-state index in [0.717, 1.165) is 18.0 Å². The van der Waals surface area contributed by atoms with E-state index in [-0.39, 0.29) is 0 Å². The summed E-state index contributed by atoms with van der Waals surface area (Å²) in [5.41, 5.74) is 4.12. The molecule has 1 aliphatic carbocycles. The maximum atomic E-state index is 5.67. The van der Waals surface area contributed by atoms with Gasteiger partial charge in [-0.1, -0.05) is 19.3 Å². The van der Waals surface area contributed by atoms with Gasteiger partial charge in [0.05, 0.1) is 5.69 Å². The normalized spacial score (nSPS) is 19.9. The van der Waals surface area contributed by atoms with Crippen LogP contribution in [0, 0.1) is 5.92 Å². The Kier molecular flexibility index (Phi) is 3.96. The summed E-state index contributed by atoms with van der Waals surface area (Å²) < 4.78 is 1.85. The lowest BCUT2D eigenvalue weighted by molar-refractivity contribution is 0.267. The van der Waals surface area contributed by atoms with E-state index in [1.165, 1.54) is 32.1 Å². The molecule has 0 amide bonds. The first-order valence-electron chi connectivity index (χ1n) is 6.24. The molecule has 3 N–H and O–H groups in total. The lowest BCUT2D eigenvalue weighted by atomic mass is 9.82. The summed E-state index contributed by atoms with van der Waals surface area (Å²) in [6.45, 7) is 0. The van der Waals surface area contributed by atoms with Gasteiger partial charge in [0.15, 0.2) is 0 Å². The molecule has 1 atom stereocenters. The summed E-state index contributed by atoms with van der Waals surface area (Å²) >= 11 is 0. The van der Waals surface area contributed by atoms with Crippen LogP contribution in [0.3, 0.4) is 0 Å². The Morgan fingerprint density at radius 1 is 1.50 bits per heavy atom. The second kappa shape index (κ2) is 5.46. The van der Waals surface area contributed by atoms with E-state index in [9.17, 15) is 0 Å². The van der Waals surface area contributed by atoms with Crippen LogP contribution in [0.2, 0.25) is 0 Å². The van der Waals surface area contributed by atoms with Gasteiger partial charge in [0.2, 0.25) is 0 Å². The zero-order valence-corrected chi connectivity index (χ0v) is 10.0. The van der Waals surface area contributed by atoms with Crippen molar-refractivity contribution in [2.24, 2.45) is 18.8 Å². The van der Waals surface area contributed by atoms with Gasteiger partial charge >= 0.3 is 0 Å². The van der Waals surface area contributed by atoms with E-state index in [4.69, 9.17) is 5.84 Å². The van der Waals surface area contributed by atoms with E-state index in [0.29, 0.717) is 6.04 Å². The molecule has 1 fully saturated rings. The minimum absolute atomic E-state index is 0.384. The summed E-state index contributed by atoms with van der Waals surface area (Å²) in [7, 11) is 1.95. The molecule has 0 spiro atoms. The molecule has 0 bridgehead atoms. The van der Waals surface area contributed by atoms with Gasteiger partial charge in [0, 0.05) is 25.7 Å². The van der Waals surface area contributed by atoms with Crippen molar-refractivity contribution >= 4 is 0 Å². The smallest absolute Gasteiger partial charge is 0.0640 e. The van der Waals surface area contributed by atoms with Crippen LogP contribution < -0.4 is 11.3 Å². The lowest BCUT2D eigenvalue weighted by Gasteiger charge is -2.29. The highest BCUT2D eigenvalue weighted by molar-refractivity contribution is 5.02. The lowest BCUT2D eigenvalue weighted by Crippen LogP contribution is -2.43. The predicted octanol–water partition coefficient (Wildman–Crippen LogP) is 1.37. The first kappa shape index (κ1) is 11.6. The molecule has 1 aromatic heterocycles. The average molecular weight is 222 g/mol. The minimum Gasteiger partial charge on any atom is -0.276 e. The average Bonchev–Trinajstić information content (AvgIpc) is 2.73. The maximum Gasteiger partial charge on any atom is 0.0640 e. The molecule has 1 aromatic rings. The summed E-state index contributed by atoms with van der Waals surface area (Å²) in [6.07, 6.45) is 9.64. The van der Waals surface area contributed by atoms with Crippen molar-refractivity contribution in [1.29, 1.82) is 0 Å². The second-order valence-electron chi connectivity index (χ2n) is 4.86. The Morgan fingerprint density at radius 2 is 2.25 bits per heavy atom. The fourth-order valence-electron chi connectivity index (χ4n) is 2.70. The maximum absolute atomic E-state index is 5.67. The zero-order valence-electron chi connectivity index (χ0n) is 10.0. The van der Waals surface area contributed by atoms with Crippen molar-refractivity contribution in [2.45, 2.75) is 44.6 Å². The van der Waals surface area contributed by atoms with Gasteiger partial charge in [-0.05, 0) is 24.8 Å². The third-order valence-corrected chi connectivity index (χ3v) is 3.63. The first-order chi connectivity index (χ1) is 7.79. The van der Waals surface area contributed by atoms with Gasteiger partial charge < -0.3 is 0 Å². The third kappa shape index (κ3) is 2.83. The van der Waals surface area contributed by atoms with Crippen LogP contribution in [-0.2, 0) is 13.5 Å². The summed E-state index contributed by atoms with van der Waals surface area (Å²) in [6, 6.07) is 2.46. The molecule has 90 valence electrons. The van der Waals surface area contributed by atoms with E-state index < -0.39 is 0 Å². The second-order valence-corrected chi connectivity index (χ2v) is 4.86. The Balaban J connectivity index is 1.94. The van der Waals surface area contributed by atoms with Crippen molar-refractivity contribution < 1.29 is 0 Å². The number of nitrogens with zero attached hydrogens (tertiary/aromatic N) is 2. The summed E-state index contributed by atoms with van der Waals surface area (Å²) in [5.74, 6) is 6.40. The van der Waals surface area contributed by atoms with Crippen LogP contribution in [-0.4, -0.2) is 15.8 Å². The molecular weight excluding hydrogens is 200 g/mol. The monoisotopic (exact) mass is 222 g/mol. The predicted molar refractivity (Wildman–Crippen MR) is 64.6 cm³/mol. The molecule has 0 saturated heterocycles. The molecule has 1 heterocycles. The summed E-state index contributed by atoms with van der Waals surface area (Å²) in [5, 5.41) is 4.41. The number of hydrogen-bond donors (Lipinski definition) is 2. The van der Waals surface area contributed by atoms with Gasteiger partial charge in [-0.25, -0.2) is 0 Å². The van der Waals surface area contributed by atoms with E-state index in [2.05, 4.69) is 16.6 Å². The van der Waals surface area contributed by atoms with Gasteiger partial charge in [-0.2, -0.15) is 5.10 Å². The number of aryl methyl sites for hydroxylation is 1. The Morgan fingerprint density at radius 3 is 2.81 bits per heavy atom. The molecule has 16 heavy (non-hydrogen) atoms. The molecule has 4 nitrogen and oxygen atoms in total. The van der Waals surface area contributed by atoms with E-state index >= 15 is 0 Å². The van der Waals surface area contributed by atoms with Gasteiger partial charge in [-0.3, -0.25) is 16.0 Å². The van der Waals surface area contributed by atoms with Crippen LogP contribution in [0.5, 0.6) is 0 Å². The van der Waals surface area contributed by atoms with E-state index in [1.807, 2.05) is 17.9 Å². The van der Waals surface area contributed by atoms with E-state index in [1.54, 1.807) is 0 Å². The zero-order chi connectivity index (χ0) is 11.4. The van der Waals surface area contributed by atoms with Crippen molar-refractivity contribution in [3.05, 3.63) is 18.0 Å². The standard InChI is InChI=1S/C12H22N4/c1-16-8-7-11(15-16)9-12(14-13)10-5-3-2-4-6-10/h7-8,10,12,14H,2-6,9,13H2,1H3. The highest BCUT2D eigenvalue weighted by Gasteiger charge is 2.23. The Labute approximate surface area is 97.2 Å². The van der Waals surface area contributed by atoms with Crippen LogP contribution in [0.1, 0.15) is 37.8 Å². The Bertz CT molecular complexity index is 315. The third-order valence-electron chi connectivity index (χ3n) is 3.63. The molecule has 2 rings (SSSR count). The minimum atomic E-state index is 0.384. The number of hydrogen-bond acceptors (Lipinski definition) is 3. The van der Waals surface area contributed by atoms with Crippen molar-refractivity contribution in [2.75, 3.05) is 0 Å². The summed E-state index contributed by atoms with van der Waals surface area (Å²) in [4.78, 5) is 0. The number of aromatic nitrogens is 2. The fraction of sp³-hybridized carbons (Fsp3) is 0.750. The highest BCUT2D eigenvalue weighted by atomic mass is 15.3. The van der Waals surface area contributed by atoms with Crippen LogP contribution >= 0.6 is 0 Å². The number of nitrogens with one attached hydrogen (secondary N) is 1. The van der Waals surface area contributed by atoms with Crippen molar-refractivity contribution in [3.63, 3.8) is 0 Å². The van der Waals surface area contributed by atoms with Crippen molar-refractivity contribution in [1.82, 2.24) is 15.2 Å². The molecule has 0 aromatic carbocycles. The molecule has 1 saturated carbocycles. The quantitative estimate of drug-likeness (QED) is 0.597. The molecule has 1 unspecified atom stereocenters. The van der Waals surface area contributed by atoms with Crippen molar-refractivity contribution in [3.8, 4) is 0 Å². The van der Waals surface area contributed by atoms with Crippen LogP contribution in [0.25, 0.3) is 0 Å². The van der Waals surface area contributed by atoms with Crippen LogP contribution in [0.4, 0.5) is 0 Å². The first-order valence-corrected chi connectivity index (χ1v) is 6.24. The van der Waals surface area contributed by atoms with Gasteiger partial charge in [-0.15, -0.1) is 0 Å². The Hall–Kier alpha value is -0.870. The molecule has 0 radical (unpaired) electrons. The highest BCUT2D eigenvalue weighted by Crippen LogP contribution is 2.27. The topological polar surface area (TPSA) is 55.9 Å². The molecule has 1 aliphatic rings. The van der Waals surface area contributed by atoms with Gasteiger partial charge in [0.25, 0.3) is 0 Å². The SMILES string of the molecule is Cn1ccc(CC(NN)C2CCCCC2)n1. The number of nitrogens with two attached hydrogens (primary N) is 1. The molecule has 4 heteroatoms. The molecule has 0 aliphatic heterocycles. The number of hydrazine groups is 1. The fourth-order valence-corrected chi connectivity index (χ4v) is 2.70. The van der Waals surface area contributed by atoms with Gasteiger partial charge in [0.1, 0.15) is 0 Å². The van der Waals surface area contributed by atoms with Crippen LogP contribution in [0.15, 0.2) is 12.3 Å². The molecular formula is C12H22N4. The largest absolute Gasteiger partial charge is 0.276 e. The number of rotatable bonds is 4.